The molecule has 5 heteroatoms. The molecular formula is C19H19NO4. The van der Waals surface area contributed by atoms with Gasteiger partial charge in [0.25, 0.3) is 0 Å². The maximum atomic E-state index is 11.9. The lowest BCUT2D eigenvalue weighted by Gasteiger charge is -2.10. The van der Waals surface area contributed by atoms with E-state index in [9.17, 15) is 14.7 Å². The van der Waals surface area contributed by atoms with E-state index < -0.39 is 11.4 Å². The lowest BCUT2D eigenvalue weighted by Crippen LogP contribution is -2.16. The van der Waals surface area contributed by atoms with Gasteiger partial charge in [-0.25, -0.2) is 4.79 Å². The molecule has 1 aromatic heterocycles. The molecule has 1 aliphatic rings. The van der Waals surface area contributed by atoms with Gasteiger partial charge in [-0.1, -0.05) is 30.3 Å². The molecule has 0 spiro atoms. The number of aromatic amines is 1. The van der Waals surface area contributed by atoms with Gasteiger partial charge >= 0.3 is 11.9 Å². The average molecular weight is 325 g/mol. The SMILES string of the molecule is C/C(=C1/CC(C)(C)C(=O)O1)c1[nH]cc(C(=O)O)c1-c1ccccc1. The van der Waals surface area contributed by atoms with Gasteiger partial charge in [0, 0.05) is 23.8 Å². The number of allylic oxidation sites excluding steroid dienone is 2. The van der Waals surface area contributed by atoms with Crippen LogP contribution in [0.25, 0.3) is 16.7 Å². The Hall–Kier alpha value is -2.82. The highest BCUT2D eigenvalue weighted by Gasteiger charge is 2.40. The minimum Gasteiger partial charge on any atom is -0.478 e. The Labute approximate surface area is 140 Å². The Bertz CT molecular complexity index is 844. The molecule has 24 heavy (non-hydrogen) atoms. The number of nitrogens with one attached hydrogen (secondary N) is 1. The van der Waals surface area contributed by atoms with Crippen LogP contribution in [0.4, 0.5) is 0 Å². The predicted octanol–water partition coefficient (Wildman–Crippen LogP) is 4.08. The first-order valence-corrected chi connectivity index (χ1v) is 7.74. The zero-order valence-electron chi connectivity index (χ0n) is 13.8. The van der Waals surface area contributed by atoms with Crippen molar-refractivity contribution in [2.24, 2.45) is 5.41 Å². The molecule has 0 unspecified atom stereocenters. The summed E-state index contributed by atoms with van der Waals surface area (Å²) < 4.78 is 5.43. The fourth-order valence-corrected chi connectivity index (χ4v) is 2.90. The largest absolute Gasteiger partial charge is 0.478 e. The summed E-state index contributed by atoms with van der Waals surface area (Å²) >= 11 is 0. The first-order valence-electron chi connectivity index (χ1n) is 7.74. The van der Waals surface area contributed by atoms with Crippen LogP contribution in [0.15, 0.2) is 42.3 Å². The quantitative estimate of drug-likeness (QED) is 0.833. The van der Waals surface area contributed by atoms with Crippen molar-refractivity contribution in [1.82, 2.24) is 4.98 Å². The van der Waals surface area contributed by atoms with Crippen molar-refractivity contribution in [3.8, 4) is 11.1 Å². The standard InChI is InChI=1S/C19H19NO4/c1-11(14-9-19(2,3)18(23)24-14)16-15(12-7-5-4-6-8-12)13(10-20-16)17(21)22/h4-8,10,20H,9H2,1-3H3,(H,21,22)/b14-11+. The minimum atomic E-state index is -1.00. The number of benzene rings is 1. The maximum absolute atomic E-state index is 11.9. The Morgan fingerprint density at radius 2 is 1.92 bits per heavy atom. The van der Waals surface area contributed by atoms with Crippen LogP contribution in [0.5, 0.6) is 0 Å². The molecule has 0 aliphatic carbocycles. The molecule has 2 heterocycles. The maximum Gasteiger partial charge on any atom is 0.337 e. The summed E-state index contributed by atoms with van der Waals surface area (Å²) in [6, 6.07) is 9.32. The summed E-state index contributed by atoms with van der Waals surface area (Å²) in [5, 5.41) is 9.49. The van der Waals surface area contributed by atoms with E-state index in [1.165, 1.54) is 6.20 Å². The van der Waals surface area contributed by atoms with Gasteiger partial charge in [-0.05, 0) is 26.3 Å². The lowest BCUT2D eigenvalue weighted by atomic mass is 9.89. The predicted molar refractivity (Wildman–Crippen MR) is 90.3 cm³/mol. The first kappa shape index (κ1) is 16.1. The third-order valence-corrected chi connectivity index (χ3v) is 4.34. The van der Waals surface area contributed by atoms with E-state index in [0.29, 0.717) is 23.4 Å². The summed E-state index contributed by atoms with van der Waals surface area (Å²) in [5.74, 6) is -0.679. The Kier molecular flexibility index (Phi) is 3.79. The zero-order valence-corrected chi connectivity index (χ0v) is 13.8. The molecule has 5 nitrogen and oxygen atoms in total. The number of carbonyl (C=O) groups excluding carboxylic acids is 1. The van der Waals surface area contributed by atoms with Crippen LogP contribution >= 0.6 is 0 Å². The van der Waals surface area contributed by atoms with E-state index in [-0.39, 0.29) is 11.5 Å². The van der Waals surface area contributed by atoms with Crippen molar-refractivity contribution in [3.05, 3.63) is 53.5 Å². The second-order valence-electron chi connectivity index (χ2n) is 6.62. The molecule has 2 N–H and O–H groups in total. The van der Waals surface area contributed by atoms with Crippen molar-refractivity contribution in [2.45, 2.75) is 27.2 Å². The van der Waals surface area contributed by atoms with E-state index in [2.05, 4.69) is 4.98 Å². The van der Waals surface area contributed by atoms with Gasteiger partial charge in [-0.15, -0.1) is 0 Å². The highest BCUT2D eigenvalue weighted by atomic mass is 16.5. The Morgan fingerprint density at radius 1 is 1.25 bits per heavy atom. The third kappa shape index (κ3) is 2.62. The van der Waals surface area contributed by atoms with Gasteiger partial charge in [0.15, 0.2) is 0 Å². The van der Waals surface area contributed by atoms with Crippen molar-refractivity contribution in [2.75, 3.05) is 0 Å². The van der Waals surface area contributed by atoms with Gasteiger partial charge < -0.3 is 14.8 Å². The monoisotopic (exact) mass is 325 g/mol. The molecule has 2 aromatic rings. The van der Waals surface area contributed by atoms with E-state index in [1.807, 2.05) is 51.1 Å². The number of hydrogen-bond donors (Lipinski definition) is 2. The molecule has 3 rings (SSSR count). The summed E-state index contributed by atoms with van der Waals surface area (Å²) in [4.78, 5) is 26.6. The van der Waals surface area contributed by atoms with Crippen molar-refractivity contribution in [1.29, 1.82) is 0 Å². The zero-order chi connectivity index (χ0) is 17.5. The Balaban J connectivity index is 2.16. The van der Waals surface area contributed by atoms with Crippen LogP contribution in [-0.2, 0) is 9.53 Å². The number of carboxylic acid groups (broad SMARTS) is 1. The van der Waals surface area contributed by atoms with Crippen LogP contribution in [0.2, 0.25) is 0 Å². The summed E-state index contributed by atoms with van der Waals surface area (Å²) in [5.41, 5.74) is 2.45. The number of aromatic nitrogens is 1. The Morgan fingerprint density at radius 3 is 2.46 bits per heavy atom. The number of H-pyrrole nitrogens is 1. The fourth-order valence-electron chi connectivity index (χ4n) is 2.90. The first-order chi connectivity index (χ1) is 11.3. The molecule has 0 atom stereocenters. The molecule has 1 saturated heterocycles. The smallest absolute Gasteiger partial charge is 0.337 e. The summed E-state index contributed by atoms with van der Waals surface area (Å²) in [6.45, 7) is 5.52. The molecule has 0 bridgehead atoms. The van der Waals surface area contributed by atoms with Gasteiger partial charge in [0.05, 0.1) is 16.7 Å². The molecule has 0 radical (unpaired) electrons. The van der Waals surface area contributed by atoms with E-state index in [1.54, 1.807) is 0 Å². The van der Waals surface area contributed by atoms with Crippen LogP contribution in [0.3, 0.4) is 0 Å². The second kappa shape index (κ2) is 5.67. The molecule has 0 saturated carbocycles. The lowest BCUT2D eigenvalue weighted by molar-refractivity contribution is -0.142. The van der Waals surface area contributed by atoms with Gasteiger partial charge in [0.2, 0.25) is 0 Å². The number of carbonyl (C=O) groups is 2. The highest BCUT2D eigenvalue weighted by Crippen LogP contribution is 2.41. The highest BCUT2D eigenvalue weighted by molar-refractivity contribution is 6.00. The number of carboxylic acids is 1. The topological polar surface area (TPSA) is 79.4 Å². The van der Waals surface area contributed by atoms with Crippen molar-refractivity contribution >= 4 is 17.5 Å². The molecular weight excluding hydrogens is 306 g/mol. The van der Waals surface area contributed by atoms with Crippen LogP contribution in [0, 0.1) is 5.41 Å². The van der Waals surface area contributed by atoms with Gasteiger partial charge in [-0.2, -0.15) is 0 Å². The summed E-state index contributed by atoms with van der Waals surface area (Å²) in [6.07, 6.45) is 1.97. The second-order valence-corrected chi connectivity index (χ2v) is 6.62. The van der Waals surface area contributed by atoms with Crippen LogP contribution < -0.4 is 0 Å². The molecule has 1 aromatic carbocycles. The number of esters is 1. The van der Waals surface area contributed by atoms with Crippen LogP contribution in [0.1, 0.15) is 43.2 Å². The van der Waals surface area contributed by atoms with Gasteiger partial charge in [-0.3, -0.25) is 4.79 Å². The van der Waals surface area contributed by atoms with Gasteiger partial charge in [0.1, 0.15) is 5.76 Å². The average Bonchev–Trinajstić information content (AvgIpc) is 3.09. The number of cyclic esters (lactones) is 1. The number of hydrogen-bond acceptors (Lipinski definition) is 3. The van der Waals surface area contributed by atoms with E-state index >= 15 is 0 Å². The summed E-state index contributed by atoms with van der Waals surface area (Å²) in [7, 11) is 0. The molecule has 0 amide bonds. The number of aromatic carboxylic acids is 1. The number of rotatable bonds is 3. The van der Waals surface area contributed by atoms with Crippen molar-refractivity contribution in [3.63, 3.8) is 0 Å². The van der Waals surface area contributed by atoms with Crippen molar-refractivity contribution < 1.29 is 19.4 Å². The third-order valence-electron chi connectivity index (χ3n) is 4.34. The fraction of sp³-hybridized carbons (Fsp3) is 0.263. The minimum absolute atomic E-state index is 0.194. The molecule has 1 aliphatic heterocycles. The van der Waals surface area contributed by atoms with Crippen LogP contribution in [-0.4, -0.2) is 22.0 Å². The molecule has 1 fully saturated rings. The van der Waals surface area contributed by atoms with E-state index in [4.69, 9.17) is 4.74 Å². The normalized spacial score (nSPS) is 18.4. The number of ether oxygens (including phenoxy) is 1. The van der Waals surface area contributed by atoms with E-state index in [0.717, 1.165) is 11.1 Å². The molecule has 124 valence electrons.